The Morgan fingerprint density at radius 3 is 2.55 bits per heavy atom. The predicted molar refractivity (Wildman–Crippen MR) is 168 cm³/mol. The van der Waals surface area contributed by atoms with Crippen LogP contribution in [0.2, 0.25) is 0 Å². The van der Waals surface area contributed by atoms with Crippen molar-refractivity contribution in [2.75, 3.05) is 33.2 Å². The summed E-state index contributed by atoms with van der Waals surface area (Å²) in [6.45, 7) is 2.19. The van der Waals surface area contributed by atoms with E-state index in [1.54, 1.807) is 33.5 Å². The molecule has 11 nitrogen and oxygen atoms in total. The van der Waals surface area contributed by atoms with Crippen molar-refractivity contribution in [1.82, 2.24) is 20.6 Å². The minimum Gasteiger partial charge on any atom is -0.493 e. The molecular formula is C33H37N5O6. The van der Waals surface area contributed by atoms with Gasteiger partial charge in [-0.1, -0.05) is 18.2 Å². The lowest BCUT2D eigenvalue weighted by Gasteiger charge is -2.19. The summed E-state index contributed by atoms with van der Waals surface area (Å²) in [5.74, 6) is 1.88. The molecule has 0 spiro atoms. The number of ether oxygens (including phenoxy) is 3. The fraction of sp³-hybridized carbons (Fsp3) is 0.333. The van der Waals surface area contributed by atoms with Crippen molar-refractivity contribution in [1.29, 1.82) is 0 Å². The van der Waals surface area contributed by atoms with Gasteiger partial charge >= 0.3 is 0 Å². The number of nitrogens with one attached hydrogen (secondary N) is 4. The molecule has 5 rings (SSSR count). The molecule has 11 heteroatoms. The van der Waals surface area contributed by atoms with Crippen LogP contribution in [0.3, 0.4) is 0 Å². The molecule has 2 amide bonds. The number of carbonyl (C=O) groups is 2. The van der Waals surface area contributed by atoms with Gasteiger partial charge in [-0.05, 0) is 66.3 Å². The molecule has 1 unspecified atom stereocenters. The molecule has 4 N–H and O–H groups in total. The zero-order chi connectivity index (χ0) is 31.2. The first-order chi connectivity index (χ1) is 21.3. The Morgan fingerprint density at radius 2 is 1.82 bits per heavy atom. The number of aromatic nitrogens is 2. The van der Waals surface area contributed by atoms with Gasteiger partial charge in [0.15, 0.2) is 11.5 Å². The standard InChI is InChI=1S/C33H37N5O6/c1-19(39)36-23-13-11-20-16-28(42-2)32(43-3)33(44-4)31(20)21-12-14-26(27(40)17-22(21)23)34-15-7-10-30(41)35-18-29-37-24-8-5-6-9-25(24)38-29/h5-6,8-9,12,14,16-17,23H,7,10-11,13,15,18H2,1-4H3,(H,34,40)(H,35,41)(H,36,39)(H,37,38). The van der Waals surface area contributed by atoms with Gasteiger partial charge in [0.2, 0.25) is 23.0 Å². The number of fused-ring (bicyclic) bond motifs is 4. The van der Waals surface area contributed by atoms with Gasteiger partial charge < -0.3 is 35.1 Å². The first-order valence-electron chi connectivity index (χ1n) is 14.5. The van der Waals surface area contributed by atoms with Crippen LogP contribution in [0.25, 0.3) is 22.2 Å². The summed E-state index contributed by atoms with van der Waals surface area (Å²) in [7, 11) is 4.68. The second-order valence-electron chi connectivity index (χ2n) is 10.6. The number of hydrogen-bond donors (Lipinski definition) is 4. The topological polar surface area (TPSA) is 144 Å². The number of H-pyrrole nitrogens is 1. The van der Waals surface area contributed by atoms with Crippen molar-refractivity contribution in [2.45, 2.75) is 45.2 Å². The van der Waals surface area contributed by atoms with Gasteiger partial charge in [0.25, 0.3) is 0 Å². The van der Waals surface area contributed by atoms with Gasteiger partial charge in [0.1, 0.15) is 5.82 Å². The van der Waals surface area contributed by atoms with E-state index >= 15 is 0 Å². The number of hydrogen-bond acceptors (Lipinski definition) is 8. The van der Waals surface area contributed by atoms with Crippen LogP contribution < -0.4 is 35.6 Å². The largest absolute Gasteiger partial charge is 0.493 e. The Bertz CT molecular complexity index is 1720. The minimum atomic E-state index is -0.389. The number of imidazole rings is 1. The van der Waals surface area contributed by atoms with Crippen LogP contribution in [0.15, 0.2) is 53.3 Å². The molecule has 1 aliphatic carbocycles. The van der Waals surface area contributed by atoms with E-state index in [-0.39, 0.29) is 29.7 Å². The highest BCUT2D eigenvalue weighted by Crippen LogP contribution is 2.50. The first-order valence-corrected chi connectivity index (χ1v) is 14.5. The fourth-order valence-electron chi connectivity index (χ4n) is 5.69. The highest BCUT2D eigenvalue weighted by molar-refractivity contribution is 5.84. The summed E-state index contributed by atoms with van der Waals surface area (Å²) in [5, 5.41) is 9.09. The quantitative estimate of drug-likeness (QED) is 0.187. The van der Waals surface area contributed by atoms with Crippen molar-refractivity contribution >= 4 is 28.5 Å². The second-order valence-corrected chi connectivity index (χ2v) is 10.6. The number of aryl methyl sites for hydroxylation is 1. The highest BCUT2D eigenvalue weighted by Gasteiger charge is 2.29. The van der Waals surface area contributed by atoms with Gasteiger partial charge in [-0.3, -0.25) is 14.4 Å². The Morgan fingerprint density at radius 1 is 1.02 bits per heavy atom. The van der Waals surface area contributed by atoms with E-state index < -0.39 is 0 Å². The van der Waals surface area contributed by atoms with Gasteiger partial charge in [-0.2, -0.15) is 0 Å². The number of anilines is 1. The number of benzene rings is 2. The Labute approximate surface area is 255 Å². The molecule has 230 valence electrons. The summed E-state index contributed by atoms with van der Waals surface area (Å²) in [4.78, 5) is 45.7. The molecule has 3 aromatic carbocycles. The number of carbonyl (C=O) groups excluding carboxylic acids is 2. The number of rotatable bonds is 11. The molecular weight excluding hydrogens is 562 g/mol. The maximum Gasteiger partial charge on any atom is 0.220 e. The minimum absolute atomic E-state index is 0.105. The van der Waals surface area contributed by atoms with Crippen LogP contribution in [-0.4, -0.2) is 49.7 Å². The molecule has 44 heavy (non-hydrogen) atoms. The zero-order valence-corrected chi connectivity index (χ0v) is 25.3. The van der Waals surface area contributed by atoms with Crippen LogP contribution in [0, 0.1) is 0 Å². The highest BCUT2D eigenvalue weighted by atomic mass is 16.5. The number of nitrogens with zero attached hydrogens (tertiary/aromatic N) is 1. The van der Waals surface area contributed by atoms with E-state index in [0.717, 1.165) is 27.7 Å². The van der Waals surface area contributed by atoms with Crippen LogP contribution in [-0.2, 0) is 22.6 Å². The second kappa shape index (κ2) is 13.5. The molecule has 0 saturated carbocycles. The maximum atomic E-state index is 13.4. The predicted octanol–water partition coefficient (Wildman–Crippen LogP) is 4.25. The van der Waals surface area contributed by atoms with Crippen LogP contribution in [0.4, 0.5) is 5.69 Å². The summed E-state index contributed by atoms with van der Waals surface area (Å²) in [5.41, 5.74) is 5.13. The smallest absolute Gasteiger partial charge is 0.220 e. The van der Waals surface area contributed by atoms with Gasteiger partial charge in [-0.25, -0.2) is 4.98 Å². The first kappa shape index (κ1) is 30.4. The van der Waals surface area contributed by atoms with E-state index in [1.807, 2.05) is 36.4 Å². The lowest BCUT2D eigenvalue weighted by Crippen LogP contribution is -2.26. The Hall–Kier alpha value is -5.06. The molecule has 4 aromatic rings. The average molecular weight is 600 g/mol. The molecule has 0 bridgehead atoms. The van der Waals surface area contributed by atoms with Crippen molar-refractivity contribution in [3.05, 3.63) is 75.7 Å². The number of methoxy groups -OCH3 is 3. The zero-order valence-electron chi connectivity index (χ0n) is 25.3. The van der Waals surface area contributed by atoms with Crippen LogP contribution in [0.5, 0.6) is 17.2 Å². The average Bonchev–Trinajstić information content (AvgIpc) is 3.30. The van der Waals surface area contributed by atoms with Crippen LogP contribution >= 0.6 is 0 Å². The van der Waals surface area contributed by atoms with Crippen molar-refractivity contribution in [3.8, 4) is 28.4 Å². The van der Waals surface area contributed by atoms with E-state index in [4.69, 9.17) is 14.2 Å². The van der Waals surface area contributed by atoms with E-state index in [2.05, 4.69) is 25.9 Å². The molecule has 1 heterocycles. The monoisotopic (exact) mass is 599 g/mol. The molecule has 0 radical (unpaired) electrons. The third-order valence-corrected chi connectivity index (χ3v) is 7.70. The number of para-hydroxylation sites is 2. The molecule has 0 fully saturated rings. The molecule has 1 aromatic heterocycles. The number of aromatic amines is 1. The van der Waals surface area contributed by atoms with Gasteiger partial charge in [-0.15, -0.1) is 0 Å². The number of amides is 2. The van der Waals surface area contributed by atoms with Crippen molar-refractivity contribution in [3.63, 3.8) is 0 Å². The fourth-order valence-corrected chi connectivity index (χ4v) is 5.69. The van der Waals surface area contributed by atoms with E-state index in [0.29, 0.717) is 66.7 Å². The molecule has 1 aliphatic rings. The lowest BCUT2D eigenvalue weighted by molar-refractivity contribution is -0.121. The molecule has 1 atom stereocenters. The summed E-state index contributed by atoms with van der Waals surface area (Å²) in [6.07, 6.45) is 2.00. The third-order valence-electron chi connectivity index (χ3n) is 7.70. The van der Waals surface area contributed by atoms with Crippen molar-refractivity contribution in [2.24, 2.45) is 0 Å². The lowest BCUT2D eigenvalue weighted by atomic mass is 9.95. The summed E-state index contributed by atoms with van der Waals surface area (Å²) >= 11 is 0. The SMILES string of the molecule is COc1cc2c(c(OC)c1OC)-c1ccc(NCCCC(=O)NCc3nc4ccccc4[nH]3)c(=O)cc1C(NC(C)=O)CC2. The summed E-state index contributed by atoms with van der Waals surface area (Å²) in [6, 6.07) is 14.4. The van der Waals surface area contributed by atoms with E-state index in [9.17, 15) is 14.4 Å². The van der Waals surface area contributed by atoms with Crippen LogP contribution in [0.1, 0.15) is 49.2 Å². The Kier molecular flexibility index (Phi) is 9.32. The van der Waals surface area contributed by atoms with Gasteiger partial charge in [0.05, 0.1) is 50.6 Å². The normalized spacial score (nSPS) is 13.7. The third kappa shape index (κ3) is 6.46. The van der Waals surface area contributed by atoms with E-state index in [1.165, 1.54) is 6.92 Å². The summed E-state index contributed by atoms with van der Waals surface area (Å²) < 4.78 is 17.1. The molecule has 0 saturated heterocycles. The Balaban J connectivity index is 1.34. The van der Waals surface area contributed by atoms with Crippen molar-refractivity contribution < 1.29 is 23.8 Å². The molecule has 0 aliphatic heterocycles. The maximum absolute atomic E-state index is 13.4. The van der Waals surface area contributed by atoms with Gasteiger partial charge in [0, 0.05) is 25.5 Å².